The third-order valence-corrected chi connectivity index (χ3v) is 6.69. The van der Waals surface area contributed by atoms with E-state index in [4.69, 9.17) is 9.15 Å². The zero-order chi connectivity index (χ0) is 23.3. The molecule has 170 valence electrons. The molecule has 3 amide bonds. The number of amides is 3. The number of nitrogens with one attached hydrogen (secondary N) is 1. The Kier molecular flexibility index (Phi) is 4.99. The number of methoxy groups -OCH3 is 1. The van der Waals surface area contributed by atoms with E-state index in [9.17, 15) is 24.5 Å². The highest BCUT2D eigenvalue weighted by Gasteiger charge is 2.61. The Bertz CT molecular complexity index is 1140. The molecule has 1 aliphatic heterocycles. The monoisotopic (exact) mass is 451 g/mol. The third-order valence-electron chi connectivity index (χ3n) is 6.69. The van der Waals surface area contributed by atoms with Gasteiger partial charge in [-0.05, 0) is 48.6 Å². The maximum atomic E-state index is 13.3. The van der Waals surface area contributed by atoms with Crippen molar-refractivity contribution < 1.29 is 28.5 Å². The second kappa shape index (κ2) is 7.88. The highest BCUT2D eigenvalue weighted by molar-refractivity contribution is 6.07. The number of carbonyl (C=O) groups is 3. The van der Waals surface area contributed by atoms with Crippen molar-refractivity contribution in [3.05, 3.63) is 64.4 Å². The summed E-state index contributed by atoms with van der Waals surface area (Å²) in [7, 11) is 1.53. The summed E-state index contributed by atoms with van der Waals surface area (Å²) in [5.41, 5.74) is 0.503. The van der Waals surface area contributed by atoms with E-state index in [1.807, 2.05) is 12.2 Å². The Morgan fingerprint density at radius 2 is 1.79 bits per heavy atom. The molecule has 1 N–H and O–H groups in total. The maximum Gasteiger partial charge on any atom is 0.433 e. The van der Waals surface area contributed by atoms with Gasteiger partial charge in [0.2, 0.25) is 17.7 Å². The van der Waals surface area contributed by atoms with E-state index in [-0.39, 0.29) is 35.8 Å². The van der Waals surface area contributed by atoms with Crippen LogP contribution in [0.3, 0.4) is 0 Å². The number of anilines is 1. The predicted octanol–water partition coefficient (Wildman–Crippen LogP) is 3.07. The number of ether oxygens (including phenoxy) is 1. The van der Waals surface area contributed by atoms with Crippen LogP contribution in [0, 0.1) is 33.8 Å². The number of benzene rings is 1. The van der Waals surface area contributed by atoms with Crippen LogP contribution in [0.15, 0.2) is 53.0 Å². The maximum absolute atomic E-state index is 13.3. The number of rotatable bonds is 7. The van der Waals surface area contributed by atoms with E-state index in [0.29, 0.717) is 11.4 Å². The Labute approximate surface area is 188 Å². The van der Waals surface area contributed by atoms with Crippen LogP contribution in [0.1, 0.15) is 24.6 Å². The summed E-state index contributed by atoms with van der Waals surface area (Å²) in [5, 5.41) is 13.8. The number of furan rings is 1. The normalized spacial score (nSPS) is 25.9. The van der Waals surface area contributed by atoms with Gasteiger partial charge < -0.3 is 14.5 Å². The van der Waals surface area contributed by atoms with Crippen molar-refractivity contribution in [3.63, 3.8) is 0 Å². The molecule has 1 aromatic heterocycles. The van der Waals surface area contributed by atoms with Crippen molar-refractivity contribution in [2.75, 3.05) is 12.4 Å². The highest BCUT2D eigenvalue weighted by Crippen LogP contribution is 2.54. The molecule has 0 spiro atoms. The number of allylic oxidation sites excluding steroid dienone is 2. The molecule has 5 atom stereocenters. The van der Waals surface area contributed by atoms with Gasteiger partial charge in [-0.15, -0.1) is 0 Å². The van der Waals surface area contributed by atoms with Gasteiger partial charge in [0.05, 0.1) is 31.4 Å². The van der Waals surface area contributed by atoms with Gasteiger partial charge in [-0.3, -0.25) is 29.4 Å². The van der Waals surface area contributed by atoms with Gasteiger partial charge in [0.1, 0.15) is 22.5 Å². The van der Waals surface area contributed by atoms with Gasteiger partial charge in [-0.2, -0.15) is 0 Å². The topological polar surface area (TPSA) is 132 Å². The summed E-state index contributed by atoms with van der Waals surface area (Å²) in [6.45, 7) is 0. The van der Waals surface area contributed by atoms with Crippen molar-refractivity contribution in [2.45, 2.75) is 18.9 Å². The first-order valence-electron chi connectivity index (χ1n) is 10.6. The van der Waals surface area contributed by atoms with Gasteiger partial charge in [0, 0.05) is 5.69 Å². The smallest absolute Gasteiger partial charge is 0.433 e. The lowest BCUT2D eigenvalue weighted by atomic mass is 9.85. The average molecular weight is 451 g/mol. The van der Waals surface area contributed by atoms with Crippen LogP contribution in [0.25, 0.3) is 0 Å². The highest BCUT2D eigenvalue weighted by atomic mass is 16.6. The molecule has 10 heteroatoms. The van der Waals surface area contributed by atoms with Crippen molar-refractivity contribution in [1.82, 2.24) is 4.90 Å². The van der Waals surface area contributed by atoms with Crippen LogP contribution in [0.2, 0.25) is 0 Å². The predicted molar refractivity (Wildman–Crippen MR) is 114 cm³/mol. The van der Waals surface area contributed by atoms with Crippen LogP contribution >= 0.6 is 0 Å². The fraction of sp³-hybridized carbons (Fsp3) is 0.348. The summed E-state index contributed by atoms with van der Waals surface area (Å²) in [5.74, 6) is -1.97. The molecule has 33 heavy (non-hydrogen) atoms. The first-order valence-corrected chi connectivity index (χ1v) is 10.6. The van der Waals surface area contributed by atoms with Gasteiger partial charge in [0.25, 0.3) is 0 Å². The number of fused-ring (bicyclic) bond motifs is 5. The second-order valence-electron chi connectivity index (χ2n) is 8.48. The molecule has 2 aliphatic carbocycles. The fourth-order valence-corrected chi connectivity index (χ4v) is 5.23. The van der Waals surface area contributed by atoms with Crippen LogP contribution < -0.4 is 10.1 Å². The van der Waals surface area contributed by atoms with Crippen molar-refractivity contribution in [3.8, 4) is 5.75 Å². The van der Waals surface area contributed by atoms with Gasteiger partial charge in [0.15, 0.2) is 0 Å². The van der Waals surface area contributed by atoms with Gasteiger partial charge in [-0.25, -0.2) is 0 Å². The summed E-state index contributed by atoms with van der Waals surface area (Å²) in [4.78, 5) is 51.0. The van der Waals surface area contributed by atoms with E-state index >= 15 is 0 Å². The lowest BCUT2D eigenvalue weighted by molar-refractivity contribution is -0.402. The van der Waals surface area contributed by atoms with Crippen LogP contribution in [-0.4, -0.2) is 34.7 Å². The minimum atomic E-state index is -1.08. The SMILES string of the molecule is COc1ccc(NC(=O)CC(c2ccc([N+](=O)[O-])o2)N2C(=O)C3C4C=CC(C4)C3C2=O)cc1. The molecule has 0 radical (unpaired) electrons. The molecule has 2 heterocycles. The molecule has 10 nitrogen and oxygen atoms in total. The number of hydrogen-bond donors (Lipinski definition) is 1. The molecule has 5 rings (SSSR count). The standard InChI is InChI=1S/C23H21N3O7/c1-32-15-6-4-14(5-7-15)24-18(27)11-16(17-8-9-19(33-17)26(30)31)25-22(28)20-12-2-3-13(10-12)21(20)23(25)29/h2-9,12-13,16,20-21H,10-11H2,1H3,(H,24,27). The molecule has 1 saturated carbocycles. The van der Waals surface area contributed by atoms with Crippen molar-refractivity contribution in [2.24, 2.45) is 23.7 Å². The quantitative estimate of drug-likeness (QED) is 0.296. The van der Waals surface area contributed by atoms with E-state index in [0.717, 1.165) is 17.4 Å². The zero-order valence-corrected chi connectivity index (χ0v) is 17.7. The summed E-state index contributed by atoms with van der Waals surface area (Å²) in [6, 6.07) is 8.08. The first kappa shape index (κ1) is 20.9. The molecular formula is C23H21N3O7. The molecule has 1 saturated heterocycles. The van der Waals surface area contributed by atoms with E-state index in [2.05, 4.69) is 5.32 Å². The molecule has 2 aromatic rings. The van der Waals surface area contributed by atoms with Gasteiger partial charge in [-0.1, -0.05) is 12.2 Å². The van der Waals surface area contributed by atoms with Crippen molar-refractivity contribution >= 4 is 29.3 Å². The fourth-order valence-electron chi connectivity index (χ4n) is 5.23. The van der Waals surface area contributed by atoms with E-state index in [1.54, 1.807) is 24.3 Å². The third kappa shape index (κ3) is 3.47. The summed E-state index contributed by atoms with van der Waals surface area (Å²) >= 11 is 0. The molecule has 2 bridgehead atoms. The number of imide groups is 1. The lowest BCUT2D eigenvalue weighted by Gasteiger charge is -2.25. The van der Waals surface area contributed by atoms with Crippen LogP contribution in [-0.2, 0) is 14.4 Å². The zero-order valence-electron chi connectivity index (χ0n) is 17.7. The van der Waals surface area contributed by atoms with Crippen molar-refractivity contribution in [1.29, 1.82) is 0 Å². The number of carbonyl (C=O) groups excluding carboxylic acids is 3. The summed E-state index contributed by atoms with van der Waals surface area (Å²) < 4.78 is 10.4. The largest absolute Gasteiger partial charge is 0.497 e. The molecule has 3 aliphatic rings. The summed E-state index contributed by atoms with van der Waals surface area (Å²) in [6.07, 6.45) is 4.43. The number of nitrogens with zero attached hydrogens (tertiary/aromatic N) is 2. The first-order chi connectivity index (χ1) is 15.9. The minimum Gasteiger partial charge on any atom is -0.497 e. The van der Waals surface area contributed by atoms with Gasteiger partial charge >= 0.3 is 5.88 Å². The molecule has 1 aromatic carbocycles. The Balaban J connectivity index is 1.42. The Hall–Kier alpha value is -3.95. The lowest BCUT2D eigenvalue weighted by Crippen LogP contribution is -2.38. The van der Waals surface area contributed by atoms with E-state index < -0.39 is 34.6 Å². The van der Waals surface area contributed by atoms with Crippen LogP contribution in [0.5, 0.6) is 5.75 Å². The average Bonchev–Trinajstić information content (AvgIpc) is 3.57. The Morgan fingerprint density at radius 3 is 2.33 bits per heavy atom. The number of likely N-dealkylation sites (tertiary alicyclic amines) is 1. The minimum absolute atomic E-state index is 0.00108. The van der Waals surface area contributed by atoms with E-state index in [1.165, 1.54) is 13.2 Å². The molecular weight excluding hydrogens is 430 g/mol. The number of hydrogen-bond acceptors (Lipinski definition) is 7. The van der Waals surface area contributed by atoms with Crippen LogP contribution in [0.4, 0.5) is 11.6 Å². The number of nitro groups is 1. The Morgan fingerprint density at radius 1 is 1.15 bits per heavy atom. The molecule has 2 fully saturated rings. The molecule has 5 unspecified atom stereocenters. The second-order valence-corrected chi connectivity index (χ2v) is 8.48.